The van der Waals surface area contributed by atoms with Crippen LogP contribution in [-0.4, -0.2) is 22.2 Å². The van der Waals surface area contributed by atoms with E-state index in [2.05, 4.69) is 15.5 Å². The first kappa shape index (κ1) is 15.0. The van der Waals surface area contributed by atoms with Crippen LogP contribution < -0.4 is 5.43 Å². The molecule has 3 N–H and O–H groups in total. The fraction of sp³-hybridized carbons (Fsp3) is 0. The number of rotatable bonds is 3. The van der Waals surface area contributed by atoms with E-state index in [1.54, 1.807) is 18.3 Å². The summed E-state index contributed by atoms with van der Waals surface area (Å²) in [5, 5.41) is 16.9. The van der Waals surface area contributed by atoms with Crippen LogP contribution in [0.3, 0.4) is 0 Å². The molecule has 0 spiro atoms. The lowest BCUT2D eigenvalue weighted by Gasteiger charge is -2.05. The number of fused-ring (bicyclic) bond motifs is 2. The number of nitrogens with zero attached hydrogens (tertiary/aromatic N) is 1. The molecule has 0 saturated heterocycles. The van der Waals surface area contributed by atoms with Crippen LogP contribution in [-0.2, 0) is 0 Å². The van der Waals surface area contributed by atoms with Gasteiger partial charge in [-0.25, -0.2) is 5.43 Å². The molecule has 0 fully saturated rings. The first-order chi connectivity index (χ1) is 12.2. The molecular weight excluding hydrogens is 314 g/mol. The van der Waals surface area contributed by atoms with E-state index in [9.17, 15) is 9.90 Å². The summed E-state index contributed by atoms with van der Waals surface area (Å²) < 4.78 is 0. The number of hydrogen-bond acceptors (Lipinski definition) is 3. The molecule has 1 amide bonds. The van der Waals surface area contributed by atoms with Crippen LogP contribution in [0.1, 0.15) is 15.9 Å². The van der Waals surface area contributed by atoms with Crippen LogP contribution in [0.2, 0.25) is 0 Å². The zero-order valence-corrected chi connectivity index (χ0v) is 13.2. The Labute approximate surface area is 143 Å². The average molecular weight is 329 g/mol. The van der Waals surface area contributed by atoms with Gasteiger partial charge in [0.15, 0.2) is 0 Å². The molecule has 0 bridgehead atoms. The number of aromatic hydroxyl groups is 1. The van der Waals surface area contributed by atoms with Gasteiger partial charge in [0.1, 0.15) is 5.75 Å². The van der Waals surface area contributed by atoms with Crippen molar-refractivity contribution >= 4 is 33.8 Å². The maximum absolute atomic E-state index is 12.3. The van der Waals surface area contributed by atoms with Crippen molar-refractivity contribution in [3.05, 3.63) is 78.0 Å². The summed E-state index contributed by atoms with van der Waals surface area (Å²) in [6.45, 7) is 0. The van der Waals surface area contributed by atoms with E-state index in [0.29, 0.717) is 0 Å². The van der Waals surface area contributed by atoms with Gasteiger partial charge < -0.3 is 10.1 Å². The number of carbonyl (C=O) groups excluding carboxylic acids is 1. The number of carbonyl (C=O) groups is 1. The highest BCUT2D eigenvalue weighted by Gasteiger charge is 2.11. The summed E-state index contributed by atoms with van der Waals surface area (Å²) in [6, 6.07) is 18.6. The number of amides is 1. The number of aromatic nitrogens is 1. The van der Waals surface area contributed by atoms with Gasteiger partial charge in [-0.1, -0.05) is 42.5 Å². The Kier molecular flexibility index (Phi) is 3.67. The van der Waals surface area contributed by atoms with Crippen LogP contribution >= 0.6 is 0 Å². The number of nitrogens with one attached hydrogen (secondary N) is 2. The van der Waals surface area contributed by atoms with Crippen LogP contribution in [0.4, 0.5) is 0 Å². The molecule has 5 heteroatoms. The molecule has 0 aliphatic heterocycles. The summed E-state index contributed by atoms with van der Waals surface area (Å²) in [7, 11) is 0. The van der Waals surface area contributed by atoms with Crippen molar-refractivity contribution in [3.8, 4) is 5.75 Å². The van der Waals surface area contributed by atoms with Crippen LogP contribution in [0.5, 0.6) is 5.75 Å². The van der Waals surface area contributed by atoms with Crippen molar-refractivity contribution in [2.45, 2.75) is 0 Å². The minimum absolute atomic E-state index is 0.0708. The molecule has 25 heavy (non-hydrogen) atoms. The van der Waals surface area contributed by atoms with Gasteiger partial charge in [-0.05, 0) is 29.0 Å². The summed E-state index contributed by atoms with van der Waals surface area (Å²) in [5.74, 6) is -0.530. The van der Waals surface area contributed by atoms with E-state index in [1.807, 2.05) is 54.7 Å². The van der Waals surface area contributed by atoms with Gasteiger partial charge >= 0.3 is 0 Å². The number of aromatic amines is 1. The Hall–Kier alpha value is -3.60. The topological polar surface area (TPSA) is 77.5 Å². The van der Waals surface area contributed by atoms with E-state index in [0.717, 1.165) is 27.2 Å². The quantitative estimate of drug-likeness (QED) is 0.395. The maximum atomic E-state index is 12.3. The van der Waals surface area contributed by atoms with Crippen molar-refractivity contribution in [2.75, 3.05) is 0 Å². The predicted octanol–water partition coefficient (Wildman–Crippen LogP) is 3.79. The summed E-state index contributed by atoms with van der Waals surface area (Å²) in [5.41, 5.74) is 4.53. The smallest absolute Gasteiger partial charge is 0.275 e. The summed E-state index contributed by atoms with van der Waals surface area (Å²) >= 11 is 0. The van der Waals surface area contributed by atoms with Gasteiger partial charge in [0.2, 0.25) is 0 Å². The lowest BCUT2D eigenvalue weighted by atomic mass is 10.1. The van der Waals surface area contributed by atoms with E-state index in [-0.39, 0.29) is 11.3 Å². The molecule has 122 valence electrons. The highest BCUT2D eigenvalue weighted by atomic mass is 16.3. The van der Waals surface area contributed by atoms with Crippen LogP contribution in [0.15, 0.2) is 72.0 Å². The van der Waals surface area contributed by atoms with Gasteiger partial charge in [0.25, 0.3) is 5.91 Å². The summed E-state index contributed by atoms with van der Waals surface area (Å²) in [6.07, 6.45) is 3.41. The van der Waals surface area contributed by atoms with E-state index >= 15 is 0 Å². The molecule has 4 rings (SSSR count). The monoisotopic (exact) mass is 329 g/mol. The lowest BCUT2D eigenvalue weighted by molar-refractivity contribution is 0.0952. The number of phenols is 1. The number of phenolic OH excluding ortho intramolecular Hbond substituents is 1. The van der Waals surface area contributed by atoms with Gasteiger partial charge in [-0.15, -0.1) is 0 Å². The van der Waals surface area contributed by atoms with Crippen molar-refractivity contribution in [3.63, 3.8) is 0 Å². The molecule has 0 saturated carbocycles. The normalized spacial score (nSPS) is 11.4. The second kappa shape index (κ2) is 6.13. The highest BCUT2D eigenvalue weighted by molar-refractivity contribution is 6.03. The molecule has 0 unspecified atom stereocenters. The standard InChI is InChI=1S/C20H15N3O2/c24-19-10-14-6-2-1-5-13(14)9-17(19)20(25)23-22-12-15-11-21-18-8-4-3-7-16(15)18/h1-12,21,24H,(H,23,25). The number of hydrazone groups is 1. The molecule has 0 aliphatic rings. The fourth-order valence-corrected chi connectivity index (χ4v) is 2.83. The average Bonchev–Trinajstić information content (AvgIpc) is 3.04. The first-order valence-corrected chi connectivity index (χ1v) is 7.83. The minimum Gasteiger partial charge on any atom is -0.507 e. The second-order valence-electron chi connectivity index (χ2n) is 5.71. The molecular formula is C20H15N3O2. The maximum Gasteiger partial charge on any atom is 0.275 e. The Bertz CT molecular complexity index is 1110. The predicted molar refractivity (Wildman–Crippen MR) is 99.0 cm³/mol. The van der Waals surface area contributed by atoms with Gasteiger partial charge in [-0.3, -0.25) is 4.79 Å². The van der Waals surface area contributed by atoms with Crippen molar-refractivity contribution in [2.24, 2.45) is 5.10 Å². The number of benzene rings is 3. The molecule has 0 atom stereocenters. The van der Waals surface area contributed by atoms with Crippen molar-refractivity contribution < 1.29 is 9.90 Å². The third-order valence-corrected chi connectivity index (χ3v) is 4.10. The molecule has 1 aromatic heterocycles. The number of hydrogen-bond donors (Lipinski definition) is 3. The van der Waals surface area contributed by atoms with E-state index in [4.69, 9.17) is 0 Å². The van der Waals surface area contributed by atoms with E-state index in [1.165, 1.54) is 0 Å². The summed E-state index contributed by atoms with van der Waals surface area (Å²) in [4.78, 5) is 15.5. The third-order valence-electron chi connectivity index (χ3n) is 4.10. The molecule has 4 aromatic rings. The number of H-pyrrole nitrogens is 1. The third kappa shape index (κ3) is 2.83. The Morgan fingerprint density at radius 2 is 1.76 bits per heavy atom. The van der Waals surface area contributed by atoms with Crippen LogP contribution in [0, 0.1) is 0 Å². The van der Waals surface area contributed by atoms with Crippen molar-refractivity contribution in [1.29, 1.82) is 0 Å². The second-order valence-corrected chi connectivity index (χ2v) is 5.71. The fourth-order valence-electron chi connectivity index (χ4n) is 2.83. The molecule has 5 nitrogen and oxygen atoms in total. The lowest BCUT2D eigenvalue weighted by Crippen LogP contribution is -2.17. The minimum atomic E-state index is -0.459. The molecule has 0 radical (unpaired) electrons. The SMILES string of the molecule is O=C(NN=Cc1c[nH]c2ccccc12)c1cc2ccccc2cc1O. The van der Waals surface area contributed by atoms with Gasteiger partial charge in [-0.2, -0.15) is 5.10 Å². The van der Waals surface area contributed by atoms with Gasteiger partial charge in [0, 0.05) is 22.7 Å². The zero-order valence-electron chi connectivity index (χ0n) is 13.2. The zero-order chi connectivity index (χ0) is 17.2. The molecule has 3 aromatic carbocycles. The largest absolute Gasteiger partial charge is 0.507 e. The molecule has 1 heterocycles. The highest BCUT2D eigenvalue weighted by Crippen LogP contribution is 2.24. The Morgan fingerprint density at radius 1 is 1.04 bits per heavy atom. The number of para-hydroxylation sites is 1. The Balaban J connectivity index is 1.57. The van der Waals surface area contributed by atoms with Gasteiger partial charge in [0.05, 0.1) is 11.8 Å². The first-order valence-electron chi connectivity index (χ1n) is 7.83. The van der Waals surface area contributed by atoms with E-state index < -0.39 is 5.91 Å². The molecule has 0 aliphatic carbocycles. The van der Waals surface area contributed by atoms with Crippen molar-refractivity contribution in [1.82, 2.24) is 10.4 Å². The Morgan fingerprint density at radius 3 is 2.60 bits per heavy atom. The van der Waals surface area contributed by atoms with Crippen LogP contribution in [0.25, 0.3) is 21.7 Å².